The molecule has 0 unspecified atom stereocenters. The predicted octanol–water partition coefficient (Wildman–Crippen LogP) is 3.13. The minimum absolute atomic E-state index is 0.0142. The molecule has 2 aromatic carbocycles. The van der Waals surface area contributed by atoms with Crippen molar-refractivity contribution in [2.45, 2.75) is 13.1 Å². The van der Waals surface area contributed by atoms with E-state index in [0.717, 1.165) is 10.1 Å². The van der Waals surface area contributed by atoms with Gasteiger partial charge in [0.15, 0.2) is 11.0 Å². The summed E-state index contributed by atoms with van der Waals surface area (Å²) in [6, 6.07) is 17.7. The summed E-state index contributed by atoms with van der Waals surface area (Å²) >= 11 is 6.31. The third-order valence-electron chi connectivity index (χ3n) is 3.98. The van der Waals surface area contributed by atoms with Gasteiger partial charge in [-0.3, -0.25) is 14.2 Å². The molecule has 0 atom stereocenters. The molecule has 0 amide bonds. The number of benzene rings is 2. The number of aromatic nitrogens is 2. The first-order valence-electron chi connectivity index (χ1n) is 8.30. The summed E-state index contributed by atoms with van der Waals surface area (Å²) < 4.78 is 1.08. The summed E-state index contributed by atoms with van der Waals surface area (Å²) in [4.78, 5) is 28.3. The van der Waals surface area contributed by atoms with E-state index in [1.54, 1.807) is 54.6 Å². The molecule has 1 aromatic heterocycles. The lowest BCUT2D eigenvalue weighted by atomic mass is 10.1. The van der Waals surface area contributed by atoms with Gasteiger partial charge in [0.2, 0.25) is 0 Å². The Kier molecular flexibility index (Phi) is 5.72. The Hall–Kier alpha value is -3.63. The van der Waals surface area contributed by atoms with Crippen LogP contribution in [0, 0.1) is 11.3 Å². The third kappa shape index (κ3) is 4.19. The van der Waals surface area contributed by atoms with Gasteiger partial charge in [0.25, 0.3) is 5.56 Å². The van der Waals surface area contributed by atoms with Crippen LogP contribution in [0.1, 0.15) is 11.1 Å². The largest absolute Gasteiger partial charge is 0.480 e. The van der Waals surface area contributed by atoms with Crippen LogP contribution in [0.25, 0.3) is 11.3 Å². The fraction of sp³-hybridized carbons (Fsp3) is 0.100. The summed E-state index contributed by atoms with van der Waals surface area (Å²) in [5.41, 5.74) is 1.50. The Morgan fingerprint density at radius 2 is 1.96 bits per heavy atom. The topological polar surface area (TPSA) is 108 Å². The fourth-order valence-electron chi connectivity index (χ4n) is 2.75. The van der Waals surface area contributed by atoms with Gasteiger partial charge in [-0.05, 0) is 17.7 Å². The maximum Gasteiger partial charge on any atom is 0.323 e. The smallest absolute Gasteiger partial charge is 0.323 e. The molecule has 0 aliphatic carbocycles. The number of rotatable bonds is 6. The van der Waals surface area contributed by atoms with Gasteiger partial charge in [-0.25, -0.2) is 4.98 Å². The number of nitrogens with one attached hydrogen (secondary N) is 1. The second kappa shape index (κ2) is 8.37. The van der Waals surface area contributed by atoms with Gasteiger partial charge >= 0.3 is 5.97 Å². The SMILES string of the molecule is N#Cc1cccc(CNc2nc(Cl)c(-c3ccccc3)n(CC(=O)O)c2=O)c1. The highest BCUT2D eigenvalue weighted by molar-refractivity contribution is 6.32. The van der Waals surface area contributed by atoms with Gasteiger partial charge in [-0.2, -0.15) is 5.26 Å². The van der Waals surface area contributed by atoms with Crippen molar-refractivity contribution in [1.82, 2.24) is 9.55 Å². The number of hydrogen-bond donors (Lipinski definition) is 2. The number of carboxylic acids is 1. The molecular weight excluding hydrogens is 380 g/mol. The standard InChI is InChI=1S/C20H15ClN4O3/c21-18-17(15-7-2-1-3-8-15)25(12-16(26)27)20(28)19(24-18)23-11-14-6-4-5-13(9-14)10-22/h1-9H,11-12H2,(H,23,24)(H,26,27). The summed E-state index contributed by atoms with van der Waals surface area (Å²) in [5, 5.41) is 21.1. The van der Waals surface area contributed by atoms with E-state index in [1.165, 1.54) is 0 Å². The first-order chi connectivity index (χ1) is 13.5. The van der Waals surface area contributed by atoms with E-state index in [-0.39, 0.29) is 23.2 Å². The molecule has 0 fully saturated rings. The summed E-state index contributed by atoms with van der Waals surface area (Å²) in [6.45, 7) is -0.324. The van der Waals surface area contributed by atoms with Crippen molar-refractivity contribution < 1.29 is 9.90 Å². The normalized spacial score (nSPS) is 10.3. The van der Waals surface area contributed by atoms with Gasteiger partial charge in [0.1, 0.15) is 6.54 Å². The van der Waals surface area contributed by atoms with Crippen molar-refractivity contribution in [1.29, 1.82) is 5.26 Å². The van der Waals surface area contributed by atoms with E-state index in [4.69, 9.17) is 16.9 Å². The van der Waals surface area contributed by atoms with Gasteiger partial charge in [-0.15, -0.1) is 0 Å². The Morgan fingerprint density at radius 3 is 2.64 bits per heavy atom. The first kappa shape index (κ1) is 19.1. The molecule has 0 saturated heterocycles. The molecule has 0 radical (unpaired) electrons. The number of aliphatic carboxylic acids is 1. The van der Waals surface area contributed by atoms with E-state index in [1.807, 2.05) is 6.07 Å². The van der Waals surface area contributed by atoms with Gasteiger partial charge in [0.05, 0.1) is 17.3 Å². The molecular formula is C20H15ClN4O3. The second-order valence-electron chi connectivity index (χ2n) is 5.92. The predicted molar refractivity (Wildman–Crippen MR) is 105 cm³/mol. The van der Waals surface area contributed by atoms with Crippen molar-refractivity contribution in [3.05, 3.63) is 81.2 Å². The average Bonchev–Trinajstić information content (AvgIpc) is 2.70. The van der Waals surface area contributed by atoms with Crippen molar-refractivity contribution >= 4 is 23.4 Å². The van der Waals surface area contributed by atoms with Crippen LogP contribution in [0.3, 0.4) is 0 Å². The van der Waals surface area contributed by atoms with Crippen LogP contribution >= 0.6 is 11.6 Å². The van der Waals surface area contributed by atoms with E-state index in [2.05, 4.69) is 10.3 Å². The lowest BCUT2D eigenvalue weighted by Gasteiger charge is -2.15. The number of nitrogens with zero attached hydrogens (tertiary/aromatic N) is 3. The molecule has 0 aliphatic heterocycles. The number of anilines is 1. The zero-order chi connectivity index (χ0) is 20.1. The monoisotopic (exact) mass is 394 g/mol. The maximum absolute atomic E-state index is 12.9. The number of carboxylic acid groups (broad SMARTS) is 1. The van der Waals surface area contributed by atoms with Gasteiger partial charge < -0.3 is 10.4 Å². The van der Waals surface area contributed by atoms with Gasteiger partial charge in [-0.1, -0.05) is 54.1 Å². The highest BCUT2D eigenvalue weighted by Gasteiger charge is 2.18. The van der Waals surface area contributed by atoms with E-state index >= 15 is 0 Å². The van der Waals surface area contributed by atoms with Crippen LogP contribution in [-0.4, -0.2) is 20.6 Å². The fourth-order valence-corrected chi connectivity index (χ4v) is 3.04. The molecule has 140 valence electrons. The second-order valence-corrected chi connectivity index (χ2v) is 6.27. The Morgan fingerprint density at radius 1 is 1.21 bits per heavy atom. The minimum atomic E-state index is -1.17. The molecule has 28 heavy (non-hydrogen) atoms. The van der Waals surface area contributed by atoms with Crippen LogP contribution in [0.4, 0.5) is 5.82 Å². The molecule has 0 spiro atoms. The van der Waals surface area contributed by atoms with E-state index in [0.29, 0.717) is 11.1 Å². The van der Waals surface area contributed by atoms with Crippen LogP contribution in [0.2, 0.25) is 5.15 Å². The molecule has 0 bridgehead atoms. The summed E-state index contributed by atoms with van der Waals surface area (Å²) in [6.07, 6.45) is 0. The lowest BCUT2D eigenvalue weighted by Crippen LogP contribution is -2.29. The third-order valence-corrected chi connectivity index (χ3v) is 4.24. The van der Waals surface area contributed by atoms with Gasteiger partial charge in [0, 0.05) is 12.1 Å². The number of halogens is 1. The van der Waals surface area contributed by atoms with Crippen LogP contribution < -0.4 is 10.9 Å². The highest BCUT2D eigenvalue weighted by Crippen LogP contribution is 2.26. The Balaban J connectivity index is 2.01. The van der Waals surface area contributed by atoms with Crippen molar-refractivity contribution in [3.63, 3.8) is 0 Å². The molecule has 0 aliphatic rings. The zero-order valence-corrected chi connectivity index (χ0v) is 15.3. The van der Waals surface area contributed by atoms with Crippen molar-refractivity contribution in [3.8, 4) is 17.3 Å². The van der Waals surface area contributed by atoms with Crippen molar-refractivity contribution in [2.75, 3.05) is 5.32 Å². The van der Waals surface area contributed by atoms with Crippen LogP contribution in [0.15, 0.2) is 59.4 Å². The lowest BCUT2D eigenvalue weighted by molar-refractivity contribution is -0.137. The van der Waals surface area contributed by atoms with E-state index in [9.17, 15) is 14.7 Å². The highest BCUT2D eigenvalue weighted by atomic mass is 35.5. The average molecular weight is 395 g/mol. The molecule has 3 rings (SSSR count). The molecule has 8 heteroatoms. The Bertz CT molecular complexity index is 1120. The minimum Gasteiger partial charge on any atom is -0.480 e. The number of nitriles is 1. The molecule has 7 nitrogen and oxygen atoms in total. The molecule has 1 heterocycles. The summed E-state index contributed by atoms with van der Waals surface area (Å²) in [7, 11) is 0. The Labute approximate surface area is 165 Å². The van der Waals surface area contributed by atoms with Crippen LogP contribution in [-0.2, 0) is 17.9 Å². The first-order valence-corrected chi connectivity index (χ1v) is 8.68. The number of carbonyl (C=O) groups is 1. The summed E-state index contributed by atoms with van der Waals surface area (Å²) in [5.74, 6) is -1.23. The molecule has 2 N–H and O–H groups in total. The number of hydrogen-bond acceptors (Lipinski definition) is 5. The quantitative estimate of drug-likeness (QED) is 0.665. The zero-order valence-electron chi connectivity index (χ0n) is 14.6. The van der Waals surface area contributed by atoms with Crippen LogP contribution in [0.5, 0.6) is 0 Å². The van der Waals surface area contributed by atoms with Crippen molar-refractivity contribution in [2.24, 2.45) is 0 Å². The molecule has 0 saturated carbocycles. The molecule has 3 aromatic rings. The van der Waals surface area contributed by atoms with E-state index < -0.39 is 18.1 Å². The maximum atomic E-state index is 12.9.